The third kappa shape index (κ3) is 4.30. The molecular weight excluding hydrogens is 404 g/mol. The van der Waals surface area contributed by atoms with Crippen molar-refractivity contribution in [2.45, 2.75) is 69.4 Å². The zero-order valence-corrected chi connectivity index (χ0v) is 18.9. The normalized spacial score (nSPS) is 19.9. The van der Waals surface area contributed by atoms with E-state index in [4.69, 9.17) is 14.8 Å². The summed E-state index contributed by atoms with van der Waals surface area (Å²) < 4.78 is 11.1. The molecule has 1 fully saturated rings. The van der Waals surface area contributed by atoms with Crippen LogP contribution in [0, 0.1) is 6.92 Å². The van der Waals surface area contributed by atoms with Gasteiger partial charge in [-0.3, -0.25) is 4.72 Å². The summed E-state index contributed by atoms with van der Waals surface area (Å²) in [6, 6.07) is 6.65. The molecule has 1 saturated carbocycles. The molecule has 1 aromatic carbocycles. The third-order valence-electron chi connectivity index (χ3n) is 5.36. The van der Waals surface area contributed by atoms with Crippen molar-refractivity contribution in [3.8, 4) is 17.0 Å². The number of aromatic nitrogens is 3. The fourth-order valence-corrected chi connectivity index (χ4v) is 5.59. The van der Waals surface area contributed by atoms with Gasteiger partial charge in [0.25, 0.3) is 0 Å². The molecule has 1 aliphatic rings. The van der Waals surface area contributed by atoms with Crippen molar-refractivity contribution in [1.82, 2.24) is 19.3 Å². The Hall–Kier alpha value is -1.61. The Bertz CT molecular complexity index is 990. The number of nitrogens with one attached hydrogen (secondary N) is 1. The van der Waals surface area contributed by atoms with Gasteiger partial charge in [-0.15, -0.1) is 0 Å². The van der Waals surface area contributed by atoms with Gasteiger partial charge in [0.1, 0.15) is 10.8 Å². The minimum Gasteiger partial charge on any atom is -0.496 e. The Morgan fingerprint density at radius 2 is 2.03 bits per heavy atom. The number of rotatable bonds is 6. The number of imidazole rings is 1. The van der Waals surface area contributed by atoms with Gasteiger partial charge in [0.2, 0.25) is 4.96 Å². The molecule has 6 nitrogen and oxygen atoms in total. The van der Waals surface area contributed by atoms with Crippen molar-refractivity contribution in [2.75, 3.05) is 7.11 Å². The number of aliphatic hydroxyl groups is 1. The van der Waals surface area contributed by atoms with E-state index in [1.54, 1.807) is 30.4 Å². The van der Waals surface area contributed by atoms with Crippen molar-refractivity contribution in [3.63, 3.8) is 0 Å². The van der Waals surface area contributed by atoms with E-state index in [1.165, 1.54) is 0 Å². The molecule has 3 aromatic rings. The summed E-state index contributed by atoms with van der Waals surface area (Å²) >= 11 is 3.26. The number of ether oxygens (including phenoxy) is 1. The van der Waals surface area contributed by atoms with Crippen molar-refractivity contribution in [1.29, 1.82) is 0 Å². The first-order valence-electron chi connectivity index (χ1n) is 10.1. The zero-order valence-electron chi connectivity index (χ0n) is 17.3. The van der Waals surface area contributed by atoms with Crippen LogP contribution >= 0.6 is 23.3 Å². The van der Waals surface area contributed by atoms with Crippen molar-refractivity contribution in [2.24, 2.45) is 0 Å². The molecule has 0 radical (unpaired) electrons. The molecule has 8 heteroatoms. The highest BCUT2D eigenvalue weighted by Crippen LogP contribution is 2.36. The maximum Gasteiger partial charge on any atom is 0.212 e. The molecule has 29 heavy (non-hydrogen) atoms. The highest BCUT2D eigenvalue weighted by molar-refractivity contribution is 7.97. The minimum absolute atomic E-state index is 0.142. The lowest BCUT2D eigenvalue weighted by atomic mass is 9.94. The Morgan fingerprint density at radius 1 is 1.28 bits per heavy atom. The average Bonchev–Trinajstić information content (AvgIpc) is 3.24. The average molecular weight is 433 g/mol. The second-order valence-corrected chi connectivity index (χ2v) is 9.79. The van der Waals surface area contributed by atoms with Gasteiger partial charge in [0.05, 0.1) is 29.5 Å². The number of hydrogen-bond acceptors (Lipinski definition) is 7. The number of benzene rings is 1. The first-order valence-corrected chi connectivity index (χ1v) is 11.7. The Kier molecular flexibility index (Phi) is 6.15. The fraction of sp³-hybridized carbons (Fsp3) is 0.524. The summed E-state index contributed by atoms with van der Waals surface area (Å²) in [6.07, 6.45) is 3.58. The molecule has 0 atom stereocenters. The molecular formula is C21H28N4O2S2. The van der Waals surface area contributed by atoms with Crippen LogP contribution in [-0.2, 0) is 0 Å². The Balaban J connectivity index is 1.62. The lowest BCUT2D eigenvalue weighted by Gasteiger charge is -2.26. The zero-order chi connectivity index (χ0) is 20.5. The smallest absolute Gasteiger partial charge is 0.212 e. The summed E-state index contributed by atoms with van der Waals surface area (Å²) in [5.41, 5.74) is 3.10. The van der Waals surface area contributed by atoms with Gasteiger partial charge in [-0.25, -0.2) is 9.50 Å². The molecule has 2 aromatic heterocycles. The second-order valence-electron chi connectivity index (χ2n) is 7.93. The molecule has 4 rings (SSSR count). The van der Waals surface area contributed by atoms with Crippen LogP contribution in [0.4, 0.5) is 0 Å². The third-order valence-corrected chi connectivity index (χ3v) is 7.56. The van der Waals surface area contributed by atoms with Crippen LogP contribution in [0.5, 0.6) is 5.75 Å². The summed E-state index contributed by atoms with van der Waals surface area (Å²) in [5.74, 6) is 1.23. The number of methoxy groups -OCH3 is 1. The quantitative estimate of drug-likeness (QED) is 0.545. The predicted octanol–water partition coefficient (Wildman–Crippen LogP) is 4.80. The van der Waals surface area contributed by atoms with Gasteiger partial charge < -0.3 is 9.84 Å². The second kappa shape index (κ2) is 8.63. The van der Waals surface area contributed by atoms with Crippen LogP contribution in [0.1, 0.15) is 56.2 Å². The van der Waals surface area contributed by atoms with Gasteiger partial charge in [0.15, 0.2) is 0 Å². The van der Waals surface area contributed by atoms with E-state index in [2.05, 4.69) is 30.7 Å². The van der Waals surface area contributed by atoms with Gasteiger partial charge in [-0.2, -0.15) is 5.10 Å². The molecule has 0 spiro atoms. The topological polar surface area (TPSA) is 71.7 Å². The molecule has 0 saturated heterocycles. The Morgan fingerprint density at radius 3 is 2.72 bits per heavy atom. The van der Waals surface area contributed by atoms with Crippen molar-refractivity contribution < 1.29 is 9.84 Å². The van der Waals surface area contributed by atoms with Crippen molar-refractivity contribution in [3.05, 3.63) is 28.9 Å². The van der Waals surface area contributed by atoms with E-state index in [1.807, 2.05) is 17.5 Å². The molecule has 0 bridgehead atoms. The van der Waals surface area contributed by atoms with E-state index in [-0.39, 0.29) is 6.10 Å². The van der Waals surface area contributed by atoms with Gasteiger partial charge in [-0.1, -0.05) is 25.2 Å². The van der Waals surface area contributed by atoms with Crippen LogP contribution in [0.15, 0.2) is 23.1 Å². The van der Waals surface area contributed by atoms with Crippen LogP contribution < -0.4 is 9.46 Å². The van der Waals surface area contributed by atoms with E-state index >= 15 is 0 Å². The lowest BCUT2D eigenvalue weighted by Crippen LogP contribution is -2.30. The highest BCUT2D eigenvalue weighted by atomic mass is 32.2. The molecule has 156 valence electrons. The van der Waals surface area contributed by atoms with E-state index < -0.39 is 0 Å². The molecule has 1 aliphatic carbocycles. The predicted molar refractivity (Wildman–Crippen MR) is 119 cm³/mol. The lowest BCUT2D eigenvalue weighted by molar-refractivity contribution is 0.121. The molecule has 0 amide bonds. The molecule has 2 N–H and O–H groups in total. The standard InChI is InChI=1S/C21H28N4O2S2/c1-12(2)20-23-25-19(13(3)22-21(25)28-20)14-5-10-17(27-4)18(11-14)29-24-15-6-8-16(26)9-7-15/h5,10-12,15-16,24,26H,6-9H2,1-4H3. The minimum atomic E-state index is -0.142. The van der Waals surface area contributed by atoms with Gasteiger partial charge in [0, 0.05) is 17.5 Å². The summed E-state index contributed by atoms with van der Waals surface area (Å²) in [6.45, 7) is 6.35. The van der Waals surface area contributed by atoms with Crippen LogP contribution in [0.3, 0.4) is 0 Å². The summed E-state index contributed by atoms with van der Waals surface area (Å²) in [4.78, 5) is 6.71. The van der Waals surface area contributed by atoms with Crippen LogP contribution in [0.2, 0.25) is 0 Å². The maximum absolute atomic E-state index is 9.72. The number of hydrogen-bond donors (Lipinski definition) is 2. The van der Waals surface area contributed by atoms with E-state index in [9.17, 15) is 5.11 Å². The Labute approximate surface area is 179 Å². The molecule has 2 heterocycles. The SMILES string of the molecule is COc1ccc(-c2c(C)nc3sc(C(C)C)nn23)cc1SNC1CCC(O)CC1. The number of fused-ring (bicyclic) bond motifs is 1. The van der Waals surface area contributed by atoms with Crippen LogP contribution in [0.25, 0.3) is 16.2 Å². The number of nitrogens with zero attached hydrogens (tertiary/aromatic N) is 3. The highest BCUT2D eigenvalue weighted by Gasteiger charge is 2.21. The largest absolute Gasteiger partial charge is 0.496 e. The maximum atomic E-state index is 9.72. The number of aryl methyl sites for hydroxylation is 1. The number of aliphatic hydroxyl groups excluding tert-OH is 1. The van der Waals surface area contributed by atoms with E-state index in [0.29, 0.717) is 12.0 Å². The van der Waals surface area contributed by atoms with Crippen LogP contribution in [-0.4, -0.2) is 39.0 Å². The summed E-state index contributed by atoms with van der Waals surface area (Å²) in [7, 11) is 1.70. The first-order chi connectivity index (χ1) is 14.0. The molecule has 0 unspecified atom stereocenters. The summed E-state index contributed by atoms with van der Waals surface area (Å²) in [5, 5.41) is 15.6. The van der Waals surface area contributed by atoms with Crippen molar-refractivity contribution >= 4 is 28.2 Å². The van der Waals surface area contributed by atoms with Gasteiger partial charge in [-0.05, 0) is 62.8 Å². The molecule has 0 aliphatic heterocycles. The van der Waals surface area contributed by atoms with Gasteiger partial charge >= 0.3 is 0 Å². The monoisotopic (exact) mass is 432 g/mol. The fourth-order valence-electron chi connectivity index (χ4n) is 3.67. The van der Waals surface area contributed by atoms with E-state index in [0.717, 1.165) is 63.2 Å². The first kappa shape index (κ1) is 20.7.